The lowest BCUT2D eigenvalue weighted by molar-refractivity contribution is 0.150. The van der Waals surface area contributed by atoms with E-state index < -0.39 is 0 Å². The normalized spacial score (nSPS) is 17.1. The molecule has 114 valence electrons. The number of carbonyl (C=O) groups is 1. The number of nitrogens with zero attached hydrogens (tertiary/aromatic N) is 2. The molecule has 0 radical (unpaired) electrons. The second-order valence-corrected chi connectivity index (χ2v) is 5.92. The van der Waals surface area contributed by atoms with Crippen LogP contribution >= 0.6 is 11.6 Å². The molecule has 2 rings (SSSR count). The van der Waals surface area contributed by atoms with E-state index in [1.807, 2.05) is 37.4 Å². The van der Waals surface area contributed by atoms with Crippen molar-refractivity contribution < 1.29 is 4.79 Å². The Morgan fingerprint density at radius 3 is 2.81 bits per heavy atom. The van der Waals surface area contributed by atoms with Crippen LogP contribution in [0.25, 0.3) is 6.08 Å². The van der Waals surface area contributed by atoms with Crippen LogP contribution in [0.1, 0.15) is 18.4 Å². The third kappa shape index (κ3) is 4.76. The average Bonchev–Trinajstić information content (AvgIpc) is 2.47. The fourth-order valence-corrected chi connectivity index (χ4v) is 2.67. The molecule has 1 heterocycles. The minimum Gasteiger partial charge on any atom is -0.325 e. The summed E-state index contributed by atoms with van der Waals surface area (Å²) in [6, 6.07) is 7.75. The van der Waals surface area contributed by atoms with Gasteiger partial charge in [-0.25, -0.2) is 4.79 Å². The van der Waals surface area contributed by atoms with Gasteiger partial charge in [0.25, 0.3) is 0 Å². The van der Waals surface area contributed by atoms with Crippen molar-refractivity contribution in [3.05, 3.63) is 41.1 Å². The molecule has 1 aliphatic rings. The number of urea groups is 1. The van der Waals surface area contributed by atoms with Gasteiger partial charge in [-0.15, -0.1) is 0 Å². The van der Waals surface area contributed by atoms with Crippen LogP contribution in [-0.4, -0.2) is 49.1 Å². The van der Waals surface area contributed by atoms with Crippen molar-refractivity contribution in [1.29, 1.82) is 0 Å². The van der Waals surface area contributed by atoms with Crippen LogP contribution in [0, 0.1) is 0 Å². The Balaban J connectivity index is 1.83. The van der Waals surface area contributed by atoms with E-state index in [9.17, 15) is 4.79 Å². The lowest BCUT2D eigenvalue weighted by Crippen LogP contribution is -2.47. The quantitative estimate of drug-likeness (QED) is 0.931. The highest BCUT2D eigenvalue weighted by Gasteiger charge is 2.23. The average molecular weight is 308 g/mol. The van der Waals surface area contributed by atoms with Crippen LogP contribution in [-0.2, 0) is 0 Å². The fraction of sp³-hybridized carbons (Fsp3) is 0.438. The number of carbonyl (C=O) groups excluding carboxylic acids is 1. The number of hydrogen-bond acceptors (Lipinski definition) is 2. The maximum atomic E-state index is 12.1. The van der Waals surface area contributed by atoms with Gasteiger partial charge in [0.15, 0.2) is 0 Å². The predicted octanol–water partition coefficient (Wildman–Crippen LogP) is 3.05. The first-order valence-electron chi connectivity index (χ1n) is 7.20. The molecule has 0 spiro atoms. The van der Waals surface area contributed by atoms with Gasteiger partial charge in [-0.2, -0.15) is 0 Å². The molecular formula is C16H22ClN3O. The standard InChI is InChI=1S/C16H22ClN3O/c1-19-10-7-15(8-11-19)20(2)16(21)18-9-6-13-4-3-5-14(17)12-13/h3-6,9,12,15H,7-8,10-11H2,1-2H3,(H,18,21)/b9-6+. The number of rotatable bonds is 3. The maximum Gasteiger partial charge on any atom is 0.321 e. The van der Waals surface area contributed by atoms with E-state index in [-0.39, 0.29) is 6.03 Å². The van der Waals surface area contributed by atoms with E-state index in [1.54, 1.807) is 11.1 Å². The molecule has 0 atom stereocenters. The van der Waals surface area contributed by atoms with Crippen molar-refractivity contribution in [2.45, 2.75) is 18.9 Å². The lowest BCUT2D eigenvalue weighted by atomic mass is 10.0. The molecule has 0 aliphatic carbocycles. The lowest BCUT2D eigenvalue weighted by Gasteiger charge is -2.34. The molecule has 2 amide bonds. The van der Waals surface area contributed by atoms with E-state index in [4.69, 9.17) is 11.6 Å². The zero-order chi connectivity index (χ0) is 15.2. The Bertz CT molecular complexity index is 510. The van der Waals surface area contributed by atoms with Crippen LogP contribution in [0.5, 0.6) is 0 Å². The minimum atomic E-state index is -0.0668. The number of piperidine rings is 1. The zero-order valence-electron chi connectivity index (χ0n) is 12.6. The first-order valence-corrected chi connectivity index (χ1v) is 7.58. The summed E-state index contributed by atoms with van der Waals surface area (Å²) in [6.07, 6.45) is 5.56. The summed E-state index contributed by atoms with van der Waals surface area (Å²) in [7, 11) is 3.97. The van der Waals surface area contributed by atoms with Crippen molar-refractivity contribution in [2.24, 2.45) is 0 Å². The summed E-state index contributed by atoms with van der Waals surface area (Å²) in [6.45, 7) is 2.08. The summed E-state index contributed by atoms with van der Waals surface area (Å²) in [5.74, 6) is 0. The Morgan fingerprint density at radius 1 is 1.43 bits per heavy atom. The van der Waals surface area contributed by atoms with Crippen molar-refractivity contribution in [3.63, 3.8) is 0 Å². The Hall–Kier alpha value is -1.52. The van der Waals surface area contributed by atoms with Crippen LogP contribution < -0.4 is 5.32 Å². The molecule has 21 heavy (non-hydrogen) atoms. The molecule has 1 N–H and O–H groups in total. The molecule has 1 aliphatic heterocycles. The number of hydrogen-bond donors (Lipinski definition) is 1. The van der Waals surface area contributed by atoms with Crippen molar-refractivity contribution >= 4 is 23.7 Å². The molecule has 0 aromatic heterocycles. The second-order valence-electron chi connectivity index (χ2n) is 5.48. The Labute approximate surface area is 131 Å². The SMILES string of the molecule is CN1CCC(N(C)C(=O)N/C=C/c2cccc(Cl)c2)CC1. The van der Waals surface area contributed by atoms with Gasteiger partial charge in [0.05, 0.1) is 0 Å². The maximum absolute atomic E-state index is 12.1. The van der Waals surface area contributed by atoms with Gasteiger partial charge < -0.3 is 15.1 Å². The van der Waals surface area contributed by atoms with Gasteiger partial charge in [-0.05, 0) is 56.8 Å². The Morgan fingerprint density at radius 2 is 2.14 bits per heavy atom. The van der Waals surface area contributed by atoms with E-state index in [1.165, 1.54) is 0 Å². The van der Waals surface area contributed by atoms with Gasteiger partial charge in [0.1, 0.15) is 0 Å². The highest BCUT2D eigenvalue weighted by Crippen LogP contribution is 2.14. The number of benzene rings is 1. The largest absolute Gasteiger partial charge is 0.325 e. The molecule has 0 saturated carbocycles. The summed E-state index contributed by atoms with van der Waals surface area (Å²) < 4.78 is 0. The van der Waals surface area contributed by atoms with E-state index in [2.05, 4.69) is 17.3 Å². The molecule has 5 heteroatoms. The molecule has 1 aromatic rings. The van der Waals surface area contributed by atoms with Gasteiger partial charge in [0, 0.05) is 24.3 Å². The van der Waals surface area contributed by atoms with Gasteiger partial charge in [0.2, 0.25) is 0 Å². The number of halogens is 1. The second kappa shape index (κ2) is 7.48. The predicted molar refractivity (Wildman–Crippen MR) is 87.3 cm³/mol. The van der Waals surface area contributed by atoms with Gasteiger partial charge in [-0.3, -0.25) is 0 Å². The molecular weight excluding hydrogens is 286 g/mol. The topological polar surface area (TPSA) is 35.6 Å². The monoisotopic (exact) mass is 307 g/mol. The van der Waals surface area contributed by atoms with Crippen LogP contribution in [0.2, 0.25) is 5.02 Å². The number of amides is 2. The summed E-state index contributed by atoms with van der Waals surface area (Å²) in [5, 5.41) is 3.50. The fourth-order valence-electron chi connectivity index (χ4n) is 2.47. The molecule has 4 nitrogen and oxygen atoms in total. The van der Waals surface area contributed by atoms with E-state index in [0.29, 0.717) is 11.1 Å². The number of likely N-dealkylation sites (tertiary alicyclic amines) is 1. The third-order valence-corrected chi connectivity index (χ3v) is 4.12. The van der Waals surface area contributed by atoms with Crippen molar-refractivity contribution in [1.82, 2.24) is 15.1 Å². The highest BCUT2D eigenvalue weighted by atomic mass is 35.5. The van der Waals surface area contributed by atoms with Gasteiger partial charge in [-0.1, -0.05) is 23.7 Å². The van der Waals surface area contributed by atoms with Crippen LogP contribution in [0.3, 0.4) is 0 Å². The first-order chi connectivity index (χ1) is 10.1. The molecule has 0 unspecified atom stereocenters. The van der Waals surface area contributed by atoms with Crippen LogP contribution in [0.15, 0.2) is 30.5 Å². The Kier molecular flexibility index (Phi) is 5.65. The third-order valence-electron chi connectivity index (χ3n) is 3.89. The molecule has 1 fully saturated rings. The van der Waals surface area contributed by atoms with Crippen LogP contribution in [0.4, 0.5) is 4.79 Å². The number of nitrogens with one attached hydrogen (secondary N) is 1. The molecule has 1 aromatic carbocycles. The minimum absolute atomic E-state index is 0.0668. The first kappa shape index (κ1) is 15.9. The smallest absolute Gasteiger partial charge is 0.321 e. The molecule has 0 bridgehead atoms. The van der Waals surface area contributed by atoms with E-state index >= 15 is 0 Å². The summed E-state index contributed by atoms with van der Waals surface area (Å²) in [5.41, 5.74) is 0.963. The van der Waals surface area contributed by atoms with Gasteiger partial charge >= 0.3 is 6.03 Å². The highest BCUT2D eigenvalue weighted by molar-refractivity contribution is 6.30. The van der Waals surface area contributed by atoms with Crippen molar-refractivity contribution in [3.8, 4) is 0 Å². The van der Waals surface area contributed by atoms with E-state index in [0.717, 1.165) is 31.5 Å². The summed E-state index contributed by atoms with van der Waals surface area (Å²) >= 11 is 5.92. The van der Waals surface area contributed by atoms with Crippen molar-refractivity contribution in [2.75, 3.05) is 27.2 Å². The zero-order valence-corrected chi connectivity index (χ0v) is 13.3. The molecule has 1 saturated heterocycles. The summed E-state index contributed by atoms with van der Waals surface area (Å²) in [4.78, 5) is 16.2.